The Morgan fingerprint density at radius 2 is 1.93 bits per heavy atom. The van der Waals surface area contributed by atoms with E-state index in [0.717, 1.165) is 19.3 Å². The lowest BCUT2D eigenvalue weighted by molar-refractivity contribution is -0.114. The van der Waals surface area contributed by atoms with Gasteiger partial charge in [0.05, 0.1) is 0 Å². The highest BCUT2D eigenvalue weighted by Crippen LogP contribution is 2.00. The number of nitrogens with zero attached hydrogens (tertiary/aromatic N) is 1. The van der Waals surface area contributed by atoms with Crippen molar-refractivity contribution in [3.63, 3.8) is 0 Å². The molecule has 1 amide bonds. The van der Waals surface area contributed by atoms with Gasteiger partial charge in [0.1, 0.15) is 0 Å². The van der Waals surface area contributed by atoms with E-state index in [0.29, 0.717) is 12.1 Å². The largest absolute Gasteiger partial charge is 0.370 e. The van der Waals surface area contributed by atoms with E-state index < -0.39 is 0 Å². The van der Waals surface area contributed by atoms with Crippen molar-refractivity contribution in [1.29, 1.82) is 0 Å². The van der Waals surface area contributed by atoms with E-state index in [9.17, 15) is 4.79 Å². The molecule has 0 aliphatic carbocycles. The van der Waals surface area contributed by atoms with Gasteiger partial charge in [-0.1, -0.05) is 6.08 Å². The zero-order valence-electron chi connectivity index (χ0n) is 8.49. The first-order valence-corrected chi connectivity index (χ1v) is 4.56. The van der Waals surface area contributed by atoms with E-state index in [-0.39, 0.29) is 11.9 Å². The first-order valence-electron chi connectivity index (χ1n) is 4.56. The second-order valence-electron chi connectivity index (χ2n) is 3.05. The Labute approximate surface area is 84.0 Å². The van der Waals surface area contributed by atoms with Crippen LogP contribution in [0.25, 0.3) is 0 Å². The fourth-order valence-electron chi connectivity index (χ4n) is 0.883. The molecule has 14 heavy (non-hydrogen) atoms. The number of allylic oxidation sites excluding steroid dienone is 1. The maximum atomic E-state index is 10.6. The van der Waals surface area contributed by atoms with E-state index in [2.05, 4.69) is 4.99 Å². The second-order valence-corrected chi connectivity index (χ2v) is 3.05. The molecule has 0 saturated carbocycles. The summed E-state index contributed by atoms with van der Waals surface area (Å²) in [5, 5.41) is 0. The lowest BCUT2D eigenvalue weighted by Crippen LogP contribution is -2.22. The Hall–Kier alpha value is -1.52. The first kappa shape index (κ1) is 12.5. The summed E-state index contributed by atoms with van der Waals surface area (Å²) in [5.41, 5.74) is 16.0. The number of rotatable bonds is 6. The zero-order valence-corrected chi connectivity index (χ0v) is 8.49. The lowest BCUT2D eigenvalue weighted by atomic mass is 10.2. The minimum Gasteiger partial charge on any atom is -0.370 e. The minimum atomic E-state index is -0.366. The molecule has 0 unspecified atom stereocenters. The Morgan fingerprint density at radius 3 is 2.43 bits per heavy atom. The summed E-state index contributed by atoms with van der Waals surface area (Å²) in [6, 6.07) is 0. The fourth-order valence-corrected chi connectivity index (χ4v) is 0.883. The quantitative estimate of drug-likeness (QED) is 0.239. The van der Waals surface area contributed by atoms with Gasteiger partial charge in [-0.05, 0) is 26.2 Å². The van der Waals surface area contributed by atoms with Gasteiger partial charge in [0.15, 0.2) is 5.96 Å². The summed E-state index contributed by atoms with van der Waals surface area (Å²) in [4.78, 5) is 14.4. The average Bonchev–Trinajstić information content (AvgIpc) is 2.09. The molecular weight excluding hydrogens is 180 g/mol. The number of primary amides is 1. The summed E-state index contributed by atoms with van der Waals surface area (Å²) < 4.78 is 0. The van der Waals surface area contributed by atoms with E-state index >= 15 is 0 Å². The fraction of sp³-hybridized carbons (Fsp3) is 0.556. The second kappa shape index (κ2) is 6.94. The van der Waals surface area contributed by atoms with Gasteiger partial charge < -0.3 is 17.2 Å². The number of carbonyl (C=O) groups is 1. The van der Waals surface area contributed by atoms with Crippen LogP contribution in [0.4, 0.5) is 0 Å². The van der Waals surface area contributed by atoms with Crippen LogP contribution in [-0.2, 0) is 4.79 Å². The molecule has 6 N–H and O–H groups in total. The van der Waals surface area contributed by atoms with Gasteiger partial charge in [-0.2, -0.15) is 0 Å². The molecule has 0 aromatic heterocycles. The third-order valence-corrected chi connectivity index (χ3v) is 1.75. The van der Waals surface area contributed by atoms with E-state index in [1.165, 1.54) is 0 Å². The number of hydrogen-bond donors (Lipinski definition) is 3. The molecule has 5 heteroatoms. The van der Waals surface area contributed by atoms with Gasteiger partial charge >= 0.3 is 0 Å². The molecule has 0 saturated heterocycles. The average molecular weight is 198 g/mol. The van der Waals surface area contributed by atoms with E-state index in [4.69, 9.17) is 17.2 Å². The van der Waals surface area contributed by atoms with Crippen molar-refractivity contribution < 1.29 is 4.79 Å². The number of unbranched alkanes of at least 4 members (excludes halogenated alkanes) is 2. The lowest BCUT2D eigenvalue weighted by Gasteiger charge is -1.96. The Morgan fingerprint density at radius 1 is 1.29 bits per heavy atom. The van der Waals surface area contributed by atoms with Crippen LogP contribution in [-0.4, -0.2) is 18.4 Å². The highest BCUT2D eigenvalue weighted by molar-refractivity contribution is 5.91. The number of amides is 1. The SMILES string of the molecule is CC(=CCCCCN=C(N)N)C(N)=O. The van der Waals surface area contributed by atoms with Crippen LogP contribution < -0.4 is 17.2 Å². The number of aliphatic imine (C=N–C) groups is 1. The van der Waals surface area contributed by atoms with Crippen LogP contribution in [0.2, 0.25) is 0 Å². The molecule has 0 bridgehead atoms. The number of nitrogens with two attached hydrogens (primary N) is 3. The van der Waals surface area contributed by atoms with Crippen molar-refractivity contribution in [2.24, 2.45) is 22.2 Å². The van der Waals surface area contributed by atoms with Crippen LogP contribution in [0, 0.1) is 0 Å². The molecule has 0 fully saturated rings. The third-order valence-electron chi connectivity index (χ3n) is 1.75. The first-order chi connectivity index (χ1) is 6.54. The predicted molar refractivity (Wildman–Crippen MR) is 57.5 cm³/mol. The normalized spacial score (nSPS) is 11.1. The molecule has 0 aliphatic heterocycles. The van der Waals surface area contributed by atoms with Crippen molar-refractivity contribution in [2.75, 3.05) is 6.54 Å². The summed E-state index contributed by atoms with van der Waals surface area (Å²) in [6.45, 7) is 2.34. The number of carbonyl (C=O) groups excluding carboxylic acids is 1. The Kier molecular flexibility index (Phi) is 6.19. The molecule has 0 atom stereocenters. The highest BCUT2D eigenvalue weighted by atomic mass is 16.1. The third kappa shape index (κ3) is 7.15. The number of guanidine groups is 1. The predicted octanol–water partition coefficient (Wildman–Crippen LogP) is -0.138. The van der Waals surface area contributed by atoms with Gasteiger partial charge in [-0.25, -0.2) is 0 Å². The van der Waals surface area contributed by atoms with E-state index in [1.54, 1.807) is 6.92 Å². The van der Waals surface area contributed by atoms with Crippen LogP contribution in [0.1, 0.15) is 26.2 Å². The molecule has 0 rings (SSSR count). The van der Waals surface area contributed by atoms with Gasteiger partial charge in [0.2, 0.25) is 5.91 Å². The minimum absolute atomic E-state index is 0.119. The van der Waals surface area contributed by atoms with Crippen LogP contribution >= 0.6 is 0 Å². The van der Waals surface area contributed by atoms with Crippen LogP contribution in [0.3, 0.4) is 0 Å². The monoisotopic (exact) mass is 198 g/mol. The summed E-state index contributed by atoms with van der Waals surface area (Å²) in [7, 11) is 0. The smallest absolute Gasteiger partial charge is 0.244 e. The van der Waals surface area contributed by atoms with Crippen molar-refractivity contribution in [3.8, 4) is 0 Å². The van der Waals surface area contributed by atoms with Crippen molar-refractivity contribution in [1.82, 2.24) is 0 Å². The molecular formula is C9H18N4O. The summed E-state index contributed by atoms with van der Waals surface area (Å²) >= 11 is 0. The summed E-state index contributed by atoms with van der Waals surface area (Å²) in [5.74, 6) is -0.247. The molecule has 0 aliphatic rings. The molecule has 80 valence electrons. The summed E-state index contributed by atoms with van der Waals surface area (Å²) in [6.07, 6.45) is 4.51. The maximum Gasteiger partial charge on any atom is 0.244 e. The number of hydrogen-bond acceptors (Lipinski definition) is 2. The van der Waals surface area contributed by atoms with Gasteiger partial charge in [-0.15, -0.1) is 0 Å². The topological polar surface area (TPSA) is 107 Å². The Balaban J connectivity index is 3.52. The van der Waals surface area contributed by atoms with Gasteiger partial charge in [0, 0.05) is 12.1 Å². The van der Waals surface area contributed by atoms with Crippen LogP contribution in [0.5, 0.6) is 0 Å². The molecule has 0 heterocycles. The molecule has 5 nitrogen and oxygen atoms in total. The van der Waals surface area contributed by atoms with Crippen molar-refractivity contribution in [3.05, 3.63) is 11.6 Å². The Bertz CT molecular complexity index is 241. The zero-order chi connectivity index (χ0) is 11.0. The molecule has 0 aromatic carbocycles. The van der Waals surface area contributed by atoms with Gasteiger partial charge in [0.25, 0.3) is 0 Å². The van der Waals surface area contributed by atoms with Crippen LogP contribution in [0.15, 0.2) is 16.6 Å². The van der Waals surface area contributed by atoms with E-state index in [1.807, 2.05) is 6.08 Å². The molecule has 0 spiro atoms. The van der Waals surface area contributed by atoms with Crippen molar-refractivity contribution >= 4 is 11.9 Å². The molecule has 0 radical (unpaired) electrons. The standard InChI is InChI=1S/C9H18N4O/c1-7(8(10)14)5-3-2-4-6-13-9(11)12/h5H,2-4,6H2,1H3,(H2,10,14)(H4,11,12,13). The van der Waals surface area contributed by atoms with Gasteiger partial charge in [-0.3, -0.25) is 9.79 Å². The molecule has 0 aromatic rings. The highest BCUT2D eigenvalue weighted by Gasteiger charge is 1.94. The maximum absolute atomic E-state index is 10.6. The van der Waals surface area contributed by atoms with Crippen molar-refractivity contribution in [2.45, 2.75) is 26.2 Å².